The highest BCUT2D eigenvalue weighted by atomic mass is 16.5. The number of aromatic nitrogens is 1. The van der Waals surface area contributed by atoms with Crippen molar-refractivity contribution in [3.8, 4) is 11.9 Å². The molecule has 2 aliphatic carbocycles. The molecule has 132 valence electrons. The van der Waals surface area contributed by atoms with Crippen molar-refractivity contribution in [2.24, 2.45) is 5.92 Å². The first-order valence-corrected chi connectivity index (χ1v) is 8.99. The van der Waals surface area contributed by atoms with Gasteiger partial charge in [-0.2, -0.15) is 5.26 Å². The van der Waals surface area contributed by atoms with Gasteiger partial charge < -0.3 is 10.1 Å². The molecular weight excluding hydrogens is 318 g/mol. The van der Waals surface area contributed by atoms with E-state index in [0.717, 1.165) is 25.7 Å². The molecule has 1 N–H and O–H groups in total. The summed E-state index contributed by atoms with van der Waals surface area (Å²) in [6.45, 7) is 0. The minimum Gasteiger partial charge on any atom is -0.474 e. The van der Waals surface area contributed by atoms with Crippen LogP contribution in [0.5, 0.6) is 5.88 Å². The SMILES string of the molecule is N#Cc1ccc(OC2CCC(NC(=O)C3CCC(=O)CC3)CC2)nc1. The largest absolute Gasteiger partial charge is 0.474 e. The number of rotatable bonds is 4. The first-order valence-electron chi connectivity index (χ1n) is 8.99. The summed E-state index contributed by atoms with van der Waals surface area (Å²) in [5.41, 5.74) is 0.517. The van der Waals surface area contributed by atoms with Crippen molar-refractivity contribution >= 4 is 11.7 Å². The van der Waals surface area contributed by atoms with E-state index in [0.29, 0.717) is 37.1 Å². The Morgan fingerprint density at radius 2 is 1.88 bits per heavy atom. The number of Topliss-reactive ketones (excluding diaryl/α,β-unsaturated/α-hetero) is 1. The number of nitrogens with one attached hydrogen (secondary N) is 1. The van der Waals surface area contributed by atoms with E-state index in [2.05, 4.69) is 10.3 Å². The maximum absolute atomic E-state index is 12.3. The number of hydrogen-bond donors (Lipinski definition) is 1. The minimum absolute atomic E-state index is 0.00507. The number of nitriles is 1. The smallest absolute Gasteiger partial charge is 0.223 e. The van der Waals surface area contributed by atoms with Gasteiger partial charge in [0.25, 0.3) is 0 Å². The lowest BCUT2D eigenvalue weighted by atomic mass is 9.86. The van der Waals surface area contributed by atoms with Crippen LogP contribution in [0.2, 0.25) is 0 Å². The van der Waals surface area contributed by atoms with Gasteiger partial charge in [0.2, 0.25) is 11.8 Å². The van der Waals surface area contributed by atoms with Gasteiger partial charge in [-0.1, -0.05) is 0 Å². The summed E-state index contributed by atoms with van der Waals surface area (Å²) in [5, 5.41) is 11.9. The lowest BCUT2D eigenvalue weighted by molar-refractivity contribution is -0.129. The second-order valence-electron chi connectivity index (χ2n) is 6.91. The monoisotopic (exact) mass is 341 g/mol. The van der Waals surface area contributed by atoms with Crippen LogP contribution in [0.3, 0.4) is 0 Å². The Labute approximate surface area is 147 Å². The Morgan fingerprint density at radius 3 is 2.48 bits per heavy atom. The molecule has 1 amide bonds. The molecule has 2 aliphatic rings. The highest BCUT2D eigenvalue weighted by Crippen LogP contribution is 2.25. The quantitative estimate of drug-likeness (QED) is 0.908. The lowest BCUT2D eigenvalue weighted by Crippen LogP contribution is -2.43. The Balaban J connectivity index is 1.41. The van der Waals surface area contributed by atoms with E-state index in [1.54, 1.807) is 12.1 Å². The van der Waals surface area contributed by atoms with Crippen LogP contribution in [0.1, 0.15) is 56.9 Å². The molecule has 25 heavy (non-hydrogen) atoms. The van der Waals surface area contributed by atoms with Gasteiger partial charge in [-0.05, 0) is 44.6 Å². The maximum atomic E-state index is 12.3. The molecule has 0 radical (unpaired) electrons. The third-order valence-electron chi connectivity index (χ3n) is 5.09. The van der Waals surface area contributed by atoms with Gasteiger partial charge in [0.15, 0.2) is 0 Å². The van der Waals surface area contributed by atoms with E-state index in [9.17, 15) is 9.59 Å². The number of amides is 1. The van der Waals surface area contributed by atoms with Crippen molar-refractivity contribution in [3.05, 3.63) is 23.9 Å². The number of carbonyl (C=O) groups excluding carboxylic acids is 2. The van der Waals surface area contributed by atoms with Gasteiger partial charge in [0.1, 0.15) is 18.0 Å². The predicted molar refractivity (Wildman–Crippen MR) is 90.7 cm³/mol. The molecule has 0 spiro atoms. The molecule has 1 aromatic heterocycles. The second-order valence-corrected chi connectivity index (χ2v) is 6.91. The zero-order valence-corrected chi connectivity index (χ0v) is 14.2. The van der Waals surface area contributed by atoms with Crippen molar-refractivity contribution in [1.82, 2.24) is 10.3 Å². The number of ether oxygens (including phenoxy) is 1. The van der Waals surface area contributed by atoms with Crippen molar-refractivity contribution in [1.29, 1.82) is 5.26 Å². The van der Waals surface area contributed by atoms with Crippen LogP contribution in [0.25, 0.3) is 0 Å². The van der Waals surface area contributed by atoms with Crippen molar-refractivity contribution in [3.63, 3.8) is 0 Å². The van der Waals surface area contributed by atoms with Gasteiger partial charge in [0.05, 0.1) is 5.56 Å². The van der Waals surface area contributed by atoms with E-state index in [1.807, 2.05) is 6.07 Å². The van der Waals surface area contributed by atoms with E-state index >= 15 is 0 Å². The predicted octanol–water partition coefficient (Wildman–Crippen LogP) is 2.52. The molecule has 2 fully saturated rings. The number of carbonyl (C=O) groups is 2. The van der Waals surface area contributed by atoms with Crippen molar-refractivity contribution < 1.29 is 14.3 Å². The lowest BCUT2D eigenvalue weighted by Gasteiger charge is -2.30. The zero-order chi connectivity index (χ0) is 17.6. The number of pyridine rings is 1. The Morgan fingerprint density at radius 1 is 1.16 bits per heavy atom. The van der Waals surface area contributed by atoms with Gasteiger partial charge in [-0.15, -0.1) is 0 Å². The van der Waals surface area contributed by atoms with E-state index in [1.165, 1.54) is 6.20 Å². The number of ketones is 1. The van der Waals surface area contributed by atoms with E-state index in [-0.39, 0.29) is 29.8 Å². The fraction of sp³-hybridized carbons (Fsp3) is 0.579. The van der Waals surface area contributed by atoms with Gasteiger partial charge >= 0.3 is 0 Å². The highest BCUT2D eigenvalue weighted by Gasteiger charge is 2.28. The first kappa shape index (κ1) is 17.4. The summed E-state index contributed by atoms with van der Waals surface area (Å²) in [6, 6.07) is 5.64. The minimum atomic E-state index is -0.00507. The van der Waals surface area contributed by atoms with Crippen LogP contribution in [-0.2, 0) is 9.59 Å². The Bertz CT molecular complexity index is 647. The third-order valence-corrected chi connectivity index (χ3v) is 5.09. The summed E-state index contributed by atoms with van der Waals surface area (Å²) < 4.78 is 5.87. The van der Waals surface area contributed by atoms with Gasteiger partial charge in [0, 0.05) is 37.1 Å². The molecule has 0 saturated heterocycles. The summed E-state index contributed by atoms with van der Waals surface area (Å²) in [5.74, 6) is 0.914. The van der Waals surface area contributed by atoms with Crippen molar-refractivity contribution in [2.75, 3.05) is 0 Å². The fourth-order valence-electron chi connectivity index (χ4n) is 3.53. The molecule has 0 unspecified atom stereocenters. The summed E-state index contributed by atoms with van der Waals surface area (Å²) in [7, 11) is 0. The van der Waals surface area contributed by atoms with Gasteiger partial charge in [-0.3, -0.25) is 9.59 Å². The van der Waals surface area contributed by atoms with E-state index < -0.39 is 0 Å². The normalized spacial score (nSPS) is 24.4. The van der Waals surface area contributed by atoms with E-state index in [4.69, 9.17) is 10.00 Å². The fourth-order valence-corrected chi connectivity index (χ4v) is 3.53. The highest BCUT2D eigenvalue weighted by molar-refractivity contribution is 5.84. The third kappa shape index (κ3) is 4.79. The van der Waals surface area contributed by atoms with Gasteiger partial charge in [-0.25, -0.2) is 4.98 Å². The molecule has 1 heterocycles. The second kappa shape index (κ2) is 8.11. The van der Waals surface area contributed by atoms with Crippen LogP contribution in [-0.4, -0.2) is 28.8 Å². The van der Waals surface area contributed by atoms with Crippen LogP contribution >= 0.6 is 0 Å². The number of nitrogens with zero attached hydrogens (tertiary/aromatic N) is 2. The van der Waals surface area contributed by atoms with Crippen LogP contribution in [0.15, 0.2) is 18.3 Å². The molecule has 1 aromatic rings. The summed E-state index contributed by atoms with van der Waals surface area (Å²) >= 11 is 0. The molecule has 3 rings (SSSR count). The maximum Gasteiger partial charge on any atom is 0.223 e. The summed E-state index contributed by atoms with van der Waals surface area (Å²) in [4.78, 5) is 27.7. The average Bonchev–Trinajstić information content (AvgIpc) is 2.64. The molecule has 0 aromatic carbocycles. The Kier molecular flexibility index (Phi) is 5.64. The molecule has 6 nitrogen and oxygen atoms in total. The standard InChI is InChI=1S/C19H23N3O3/c20-11-13-1-10-18(21-12-13)25-17-8-4-15(5-9-17)22-19(24)14-2-6-16(23)7-3-14/h1,10,12,14-15,17H,2-9H2,(H,22,24). The first-order chi connectivity index (χ1) is 12.1. The Hall–Kier alpha value is -2.42. The molecule has 0 aliphatic heterocycles. The van der Waals surface area contributed by atoms with Crippen LogP contribution < -0.4 is 10.1 Å². The summed E-state index contributed by atoms with van der Waals surface area (Å²) in [6.07, 6.45) is 7.58. The molecule has 0 atom stereocenters. The molecule has 0 bridgehead atoms. The molecule has 6 heteroatoms. The molecular formula is C19H23N3O3. The average molecular weight is 341 g/mol. The van der Waals surface area contributed by atoms with Crippen molar-refractivity contribution in [2.45, 2.75) is 63.5 Å². The zero-order valence-electron chi connectivity index (χ0n) is 14.2. The van der Waals surface area contributed by atoms with Crippen LogP contribution in [0.4, 0.5) is 0 Å². The molecule has 2 saturated carbocycles. The van der Waals surface area contributed by atoms with Crippen LogP contribution in [0, 0.1) is 17.2 Å². The number of hydrogen-bond acceptors (Lipinski definition) is 5. The topological polar surface area (TPSA) is 92.1 Å².